The summed E-state index contributed by atoms with van der Waals surface area (Å²) in [6, 6.07) is 0. The van der Waals surface area contributed by atoms with Crippen molar-refractivity contribution in [2.24, 2.45) is 0 Å². The minimum Gasteiger partial charge on any atom is -0.362 e. The van der Waals surface area contributed by atoms with E-state index in [1.54, 1.807) is 12.4 Å². The molecule has 1 heterocycles. The average molecular weight is 257 g/mol. The topological polar surface area (TPSA) is 41.1 Å². The van der Waals surface area contributed by atoms with Crippen LogP contribution in [-0.2, 0) is 0 Å². The van der Waals surface area contributed by atoms with Crippen molar-refractivity contribution in [2.45, 2.75) is 0 Å². The van der Waals surface area contributed by atoms with E-state index in [1.165, 1.54) is 0 Å². The molecule has 0 aliphatic carbocycles. The molecule has 0 unspecified atom stereocenters. The maximum absolute atomic E-state index is 4.21. The maximum Gasteiger partial charge on any atom is 0.171 e. The number of halogens is 1. The molecule has 0 spiro atoms. The number of nitrogens with one attached hydrogen (secondary N) is 1. The van der Waals surface area contributed by atoms with E-state index in [0.717, 1.165) is 16.1 Å². The molecule has 1 rings (SSSR count). The van der Waals surface area contributed by atoms with Crippen molar-refractivity contribution in [3.05, 3.63) is 23.5 Å². The van der Waals surface area contributed by atoms with E-state index < -0.39 is 0 Å². The van der Waals surface area contributed by atoms with Crippen LogP contribution in [0.3, 0.4) is 0 Å². The van der Waals surface area contributed by atoms with Crippen molar-refractivity contribution < 1.29 is 0 Å². The first-order valence-electron chi connectivity index (χ1n) is 4.16. The molecule has 4 nitrogen and oxygen atoms in total. The van der Waals surface area contributed by atoms with Crippen LogP contribution in [0.2, 0.25) is 0 Å². The van der Waals surface area contributed by atoms with Gasteiger partial charge in [0.1, 0.15) is 0 Å². The summed E-state index contributed by atoms with van der Waals surface area (Å²) >= 11 is 3.27. The number of anilines is 2. The smallest absolute Gasteiger partial charge is 0.171 e. The first-order chi connectivity index (χ1) is 6.61. The average Bonchev–Trinajstić information content (AvgIpc) is 2.15. The van der Waals surface area contributed by atoms with Crippen LogP contribution in [0.25, 0.3) is 0 Å². The molecule has 14 heavy (non-hydrogen) atoms. The first kappa shape index (κ1) is 11.0. The predicted octanol–water partition coefficient (Wildman–Crippen LogP) is 1.86. The summed E-state index contributed by atoms with van der Waals surface area (Å²) in [5.74, 6) is 1.58. The molecule has 1 N–H and O–H groups in total. The van der Waals surface area contributed by atoms with Crippen LogP contribution >= 0.6 is 15.9 Å². The molecule has 0 aliphatic rings. The predicted molar refractivity (Wildman–Crippen MR) is 62.9 cm³/mol. The summed E-state index contributed by atoms with van der Waals surface area (Å²) in [7, 11) is 3.86. The molecule has 0 saturated carbocycles. The van der Waals surface area contributed by atoms with Crippen LogP contribution in [0.1, 0.15) is 0 Å². The zero-order valence-corrected chi connectivity index (χ0v) is 9.87. The second-order valence-electron chi connectivity index (χ2n) is 2.99. The van der Waals surface area contributed by atoms with Crippen molar-refractivity contribution in [3.63, 3.8) is 0 Å². The SMILES string of the molecule is C=C(Br)CNc1nccnc1N(C)C. The number of hydrogen-bond acceptors (Lipinski definition) is 4. The Kier molecular flexibility index (Phi) is 3.88. The highest BCUT2D eigenvalue weighted by Gasteiger charge is 2.05. The monoisotopic (exact) mass is 256 g/mol. The lowest BCUT2D eigenvalue weighted by Gasteiger charge is -2.15. The summed E-state index contributed by atoms with van der Waals surface area (Å²) in [6.07, 6.45) is 3.33. The zero-order valence-electron chi connectivity index (χ0n) is 8.29. The molecular weight excluding hydrogens is 244 g/mol. The molecule has 0 amide bonds. The van der Waals surface area contributed by atoms with Gasteiger partial charge in [-0.2, -0.15) is 0 Å². The molecule has 0 aliphatic heterocycles. The van der Waals surface area contributed by atoms with Gasteiger partial charge in [-0.3, -0.25) is 0 Å². The van der Waals surface area contributed by atoms with Gasteiger partial charge in [-0.25, -0.2) is 9.97 Å². The quantitative estimate of drug-likeness (QED) is 0.893. The highest BCUT2D eigenvalue weighted by Crippen LogP contribution is 2.17. The van der Waals surface area contributed by atoms with Crippen LogP contribution in [0.5, 0.6) is 0 Å². The Balaban J connectivity index is 2.79. The van der Waals surface area contributed by atoms with Gasteiger partial charge >= 0.3 is 0 Å². The minimum atomic E-state index is 0.638. The van der Waals surface area contributed by atoms with E-state index in [2.05, 4.69) is 37.8 Å². The van der Waals surface area contributed by atoms with Crippen molar-refractivity contribution in [3.8, 4) is 0 Å². The van der Waals surface area contributed by atoms with E-state index in [-0.39, 0.29) is 0 Å². The Morgan fingerprint density at radius 2 is 2.14 bits per heavy atom. The largest absolute Gasteiger partial charge is 0.362 e. The third kappa shape index (κ3) is 2.99. The minimum absolute atomic E-state index is 0.638. The molecule has 0 radical (unpaired) electrons. The standard InChI is InChI=1S/C9H13BrN4/c1-7(10)6-13-8-9(14(2)3)12-5-4-11-8/h4-5H,1,6H2,2-3H3,(H,11,13). The molecule has 0 saturated heterocycles. The van der Waals surface area contributed by atoms with Crippen LogP contribution < -0.4 is 10.2 Å². The summed E-state index contributed by atoms with van der Waals surface area (Å²) < 4.78 is 0.882. The molecule has 1 aromatic heterocycles. The highest BCUT2D eigenvalue weighted by molar-refractivity contribution is 9.11. The highest BCUT2D eigenvalue weighted by atomic mass is 79.9. The number of aromatic nitrogens is 2. The normalized spacial score (nSPS) is 9.64. The van der Waals surface area contributed by atoms with E-state index in [1.807, 2.05) is 19.0 Å². The van der Waals surface area contributed by atoms with Gasteiger partial charge in [0, 0.05) is 37.5 Å². The maximum atomic E-state index is 4.21. The van der Waals surface area contributed by atoms with Crippen LogP contribution in [0.15, 0.2) is 23.5 Å². The lowest BCUT2D eigenvalue weighted by molar-refractivity contribution is 1.03. The Labute approximate surface area is 92.2 Å². The molecular formula is C9H13BrN4. The lowest BCUT2D eigenvalue weighted by atomic mass is 10.5. The Bertz CT molecular complexity index is 324. The third-order valence-corrected chi connectivity index (χ3v) is 1.83. The number of hydrogen-bond donors (Lipinski definition) is 1. The molecule has 0 fully saturated rings. The van der Waals surface area contributed by atoms with Gasteiger partial charge in [-0.15, -0.1) is 0 Å². The zero-order chi connectivity index (χ0) is 10.6. The number of nitrogens with zero attached hydrogens (tertiary/aromatic N) is 3. The van der Waals surface area contributed by atoms with Crippen molar-refractivity contribution in [1.29, 1.82) is 0 Å². The van der Waals surface area contributed by atoms with Gasteiger partial charge in [-0.1, -0.05) is 22.5 Å². The van der Waals surface area contributed by atoms with Crippen molar-refractivity contribution in [1.82, 2.24) is 9.97 Å². The second-order valence-corrected chi connectivity index (χ2v) is 4.12. The third-order valence-electron chi connectivity index (χ3n) is 1.55. The Morgan fingerprint density at radius 1 is 1.50 bits per heavy atom. The van der Waals surface area contributed by atoms with Crippen molar-refractivity contribution in [2.75, 3.05) is 30.9 Å². The Morgan fingerprint density at radius 3 is 2.71 bits per heavy atom. The van der Waals surface area contributed by atoms with E-state index in [4.69, 9.17) is 0 Å². The fourth-order valence-corrected chi connectivity index (χ4v) is 1.10. The molecule has 5 heteroatoms. The number of rotatable bonds is 4. The molecule has 0 aromatic carbocycles. The molecule has 0 atom stereocenters. The van der Waals surface area contributed by atoms with Crippen LogP contribution in [0, 0.1) is 0 Å². The summed E-state index contributed by atoms with van der Waals surface area (Å²) in [5, 5.41) is 3.13. The van der Waals surface area contributed by atoms with Crippen molar-refractivity contribution >= 4 is 27.6 Å². The fourth-order valence-electron chi connectivity index (χ4n) is 0.962. The second kappa shape index (κ2) is 4.95. The summed E-state index contributed by atoms with van der Waals surface area (Å²) in [6.45, 7) is 4.38. The van der Waals surface area contributed by atoms with Gasteiger partial charge in [-0.05, 0) is 0 Å². The van der Waals surface area contributed by atoms with Gasteiger partial charge in [0.15, 0.2) is 11.6 Å². The summed E-state index contributed by atoms with van der Waals surface area (Å²) in [5.41, 5.74) is 0. The fraction of sp³-hybridized carbons (Fsp3) is 0.333. The molecule has 76 valence electrons. The molecule has 0 bridgehead atoms. The molecule has 1 aromatic rings. The van der Waals surface area contributed by atoms with Crippen LogP contribution in [-0.4, -0.2) is 30.6 Å². The van der Waals surface area contributed by atoms with E-state index in [0.29, 0.717) is 6.54 Å². The Hall–Kier alpha value is -1.10. The van der Waals surface area contributed by atoms with E-state index >= 15 is 0 Å². The lowest BCUT2D eigenvalue weighted by Crippen LogP contribution is -2.15. The van der Waals surface area contributed by atoms with Gasteiger partial charge < -0.3 is 10.2 Å². The first-order valence-corrected chi connectivity index (χ1v) is 4.96. The van der Waals surface area contributed by atoms with Gasteiger partial charge in [0.25, 0.3) is 0 Å². The van der Waals surface area contributed by atoms with Gasteiger partial charge in [0.05, 0.1) is 0 Å². The van der Waals surface area contributed by atoms with E-state index in [9.17, 15) is 0 Å². The van der Waals surface area contributed by atoms with Gasteiger partial charge in [0.2, 0.25) is 0 Å². The van der Waals surface area contributed by atoms with Crippen LogP contribution in [0.4, 0.5) is 11.6 Å². The summed E-state index contributed by atoms with van der Waals surface area (Å²) in [4.78, 5) is 10.3.